The van der Waals surface area contributed by atoms with E-state index >= 15 is 0 Å². The molecule has 1 aliphatic rings. The minimum atomic E-state index is -2.90. The summed E-state index contributed by atoms with van der Waals surface area (Å²) in [6, 6.07) is 0.766. The van der Waals surface area contributed by atoms with Crippen LogP contribution < -0.4 is 5.32 Å². The molecule has 0 aliphatic heterocycles. The van der Waals surface area contributed by atoms with Gasteiger partial charge in [-0.25, -0.2) is 8.42 Å². The van der Waals surface area contributed by atoms with Gasteiger partial charge in [-0.1, -0.05) is 6.92 Å². The van der Waals surface area contributed by atoms with E-state index in [4.69, 9.17) is 0 Å². The number of aromatic nitrogens is 2. The molecule has 0 amide bonds. The van der Waals surface area contributed by atoms with Crippen molar-refractivity contribution in [2.75, 3.05) is 18.1 Å². The zero-order chi connectivity index (χ0) is 13.7. The normalized spacial score (nSPS) is 15.8. The van der Waals surface area contributed by atoms with Gasteiger partial charge in [-0.2, -0.15) is 5.10 Å². The maximum absolute atomic E-state index is 11.4. The van der Waals surface area contributed by atoms with Gasteiger partial charge in [-0.05, 0) is 37.8 Å². The van der Waals surface area contributed by atoms with Crippen molar-refractivity contribution in [3.8, 4) is 0 Å². The highest BCUT2D eigenvalue weighted by molar-refractivity contribution is 7.91. The molecule has 5 nitrogen and oxygen atoms in total. The second-order valence-electron chi connectivity index (χ2n) is 5.18. The zero-order valence-corrected chi connectivity index (χ0v) is 12.3. The molecule has 1 aromatic heterocycles. The Bertz CT molecular complexity index is 492. The van der Waals surface area contributed by atoms with Gasteiger partial charge in [-0.15, -0.1) is 0 Å². The van der Waals surface area contributed by atoms with E-state index in [1.807, 2.05) is 12.4 Å². The Hall–Kier alpha value is -0.880. The first kappa shape index (κ1) is 14.5. The first-order valence-corrected chi connectivity index (χ1v) is 8.86. The Kier molecular flexibility index (Phi) is 4.99. The Labute approximate surface area is 115 Å². The fourth-order valence-electron chi connectivity index (χ4n) is 1.92. The molecule has 2 rings (SSSR count). The van der Waals surface area contributed by atoms with Crippen LogP contribution in [0.25, 0.3) is 0 Å². The molecule has 0 atom stereocenters. The maximum atomic E-state index is 11.4. The standard InChI is InChI=1S/C13H23N3O2S/c1-2-19(17,18)9-8-16-11-12(10-15-16)4-3-7-14-13-5-6-13/h10-11,13-14H,2-9H2,1H3. The quantitative estimate of drug-likeness (QED) is 0.688. The van der Waals surface area contributed by atoms with Crippen LogP contribution in [0.1, 0.15) is 31.7 Å². The Morgan fingerprint density at radius 3 is 2.95 bits per heavy atom. The minimum absolute atomic E-state index is 0.174. The average Bonchev–Trinajstić information content (AvgIpc) is 3.11. The smallest absolute Gasteiger partial charge is 0.151 e. The van der Waals surface area contributed by atoms with Crippen molar-refractivity contribution < 1.29 is 8.42 Å². The lowest BCUT2D eigenvalue weighted by molar-refractivity contribution is 0.581. The van der Waals surface area contributed by atoms with E-state index in [-0.39, 0.29) is 11.5 Å². The van der Waals surface area contributed by atoms with Crippen molar-refractivity contribution in [2.45, 2.75) is 45.2 Å². The van der Waals surface area contributed by atoms with E-state index < -0.39 is 9.84 Å². The van der Waals surface area contributed by atoms with Crippen molar-refractivity contribution in [1.29, 1.82) is 0 Å². The summed E-state index contributed by atoms with van der Waals surface area (Å²) < 4.78 is 24.6. The molecule has 6 heteroatoms. The summed E-state index contributed by atoms with van der Waals surface area (Å²) in [7, 11) is -2.90. The van der Waals surface area contributed by atoms with Gasteiger partial charge >= 0.3 is 0 Å². The molecule has 1 aromatic rings. The van der Waals surface area contributed by atoms with Gasteiger partial charge in [0.15, 0.2) is 9.84 Å². The third-order valence-corrected chi connectivity index (χ3v) is 5.09. The zero-order valence-electron chi connectivity index (χ0n) is 11.5. The molecule has 0 bridgehead atoms. The molecule has 1 aliphatic carbocycles. The van der Waals surface area contributed by atoms with Crippen molar-refractivity contribution in [3.05, 3.63) is 18.0 Å². The molecule has 0 unspecified atom stereocenters. The molecular weight excluding hydrogens is 262 g/mol. The molecule has 19 heavy (non-hydrogen) atoms. The lowest BCUT2D eigenvalue weighted by Crippen LogP contribution is -2.17. The SMILES string of the molecule is CCS(=O)(=O)CCn1cc(CCCNC2CC2)cn1. The van der Waals surface area contributed by atoms with Crippen LogP contribution in [0.3, 0.4) is 0 Å². The van der Waals surface area contributed by atoms with E-state index in [1.54, 1.807) is 11.6 Å². The summed E-state index contributed by atoms with van der Waals surface area (Å²) in [5, 5.41) is 7.69. The third-order valence-electron chi connectivity index (χ3n) is 3.41. The topological polar surface area (TPSA) is 64.0 Å². The average molecular weight is 285 g/mol. The van der Waals surface area contributed by atoms with Crippen LogP contribution in [-0.4, -0.2) is 42.3 Å². The van der Waals surface area contributed by atoms with Gasteiger partial charge in [-0.3, -0.25) is 4.68 Å². The lowest BCUT2D eigenvalue weighted by atomic mass is 10.2. The highest BCUT2D eigenvalue weighted by Gasteiger charge is 2.19. The maximum Gasteiger partial charge on any atom is 0.151 e. The van der Waals surface area contributed by atoms with Gasteiger partial charge < -0.3 is 5.32 Å². The molecule has 0 radical (unpaired) electrons. The second kappa shape index (κ2) is 6.52. The predicted octanol–water partition coefficient (Wildman–Crippen LogP) is 1.00. The van der Waals surface area contributed by atoms with E-state index in [1.165, 1.54) is 18.4 Å². The monoisotopic (exact) mass is 285 g/mol. The van der Waals surface area contributed by atoms with Gasteiger partial charge in [0.2, 0.25) is 0 Å². The van der Waals surface area contributed by atoms with E-state index in [0.29, 0.717) is 6.54 Å². The molecule has 1 heterocycles. The van der Waals surface area contributed by atoms with Crippen molar-refractivity contribution in [1.82, 2.24) is 15.1 Å². The summed E-state index contributed by atoms with van der Waals surface area (Å²) in [5.74, 6) is 0.377. The molecule has 0 aromatic carbocycles. The molecule has 1 N–H and O–H groups in total. The Morgan fingerprint density at radius 2 is 2.26 bits per heavy atom. The summed E-state index contributed by atoms with van der Waals surface area (Å²) in [5.41, 5.74) is 1.19. The van der Waals surface area contributed by atoms with E-state index in [2.05, 4.69) is 10.4 Å². The van der Waals surface area contributed by atoms with Gasteiger partial charge in [0.1, 0.15) is 0 Å². The van der Waals surface area contributed by atoms with Crippen molar-refractivity contribution in [2.24, 2.45) is 0 Å². The largest absolute Gasteiger partial charge is 0.314 e. The van der Waals surface area contributed by atoms with Crippen molar-refractivity contribution >= 4 is 9.84 Å². The Balaban J connectivity index is 1.68. The van der Waals surface area contributed by atoms with Crippen LogP contribution >= 0.6 is 0 Å². The Morgan fingerprint density at radius 1 is 1.47 bits per heavy atom. The second-order valence-corrected chi connectivity index (χ2v) is 7.65. The molecule has 108 valence electrons. The third kappa shape index (κ3) is 5.32. The van der Waals surface area contributed by atoms with Crippen LogP contribution in [0, 0.1) is 0 Å². The van der Waals surface area contributed by atoms with Crippen LogP contribution in [0.15, 0.2) is 12.4 Å². The fourth-order valence-corrected chi connectivity index (χ4v) is 2.67. The van der Waals surface area contributed by atoms with E-state index in [0.717, 1.165) is 25.4 Å². The number of nitrogens with zero attached hydrogens (tertiary/aromatic N) is 2. The first-order chi connectivity index (χ1) is 9.09. The molecule has 0 saturated heterocycles. The van der Waals surface area contributed by atoms with Crippen LogP contribution in [0.4, 0.5) is 0 Å². The molecule has 0 spiro atoms. The molecular formula is C13H23N3O2S. The van der Waals surface area contributed by atoms with Crippen LogP contribution in [0.5, 0.6) is 0 Å². The summed E-state index contributed by atoms with van der Waals surface area (Å²) in [4.78, 5) is 0. The highest BCUT2D eigenvalue weighted by atomic mass is 32.2. The summed E-state index contributed by atoms with van der Waals surface area (Å²) in [6.07, 6.45) is 8.56. The molecule has 1 fully saturated rings. The molecule has 1 saturated carbocycles. The lowest BCUT2D eigenvalue weighted by Gasteiger charge is -2.02. The summed E-state index contributed by atoms with van der Waals surface area (Å²) >= 11 is 0. The fraction of sp³-hybridized carbons (Fsp3) is 0.769. The van der Waals surface area contributed by atoms with Crippen LogP contribution in [-0.2, 0) is 22.8 Å². The van der Waals surface area contributed by atoms with E-state index in [9.17, 15) is 8.42 Å². The highest BCUT2D eigenvalue weighted by Crippen LogP contribution is 2.18. The van der Waals surface area contributed by atoms with Gasteiger partial charge in [0, 0.05) is 18.0 Å². The summed E-state index contributed by atoms with van der Waals surface area (Å²) in [6.45, 7) is 3.19. The van der Waals surface area contributed by atoms with Gasteiger partial charge in [0.05, 0.1) is 18.5 Å². The number of sulfone groups is 1. The number of nitrogens with one attached hydrogen (secondary N) is 1. The van der Waals surface area contributed by atoms with Crippen molar-refractivity contribution in [3.63, 3.8) is 0 Å². The first-order valence-electron chi connectivity index (χ1n) is 7.04. The van der Waals surface area contributed by atoms with Crippen LogP contribution in [0.2, 0.25) is 0 Å². The number of hydrogen-bond donors (Lipinski definition) is 1. The number of rotatable bonds is 9. The number of aryl methyl sites for hydroxylation is 2. The minimum Gasteiger partial charge on any atom is -0.314 e. The predicted molar refractivity (Wildman–Crippen MR) is 75.9 cm³/mol. The number of hydrogen-bond acceptors (Lipinski definition) is 4. The van der Waals surface area contributed by atoms with Gasteiger partial charge in [0.25, 0.3) is 0 Å².